The van der Waals surface area contributed by atoms with Gasteiger partial charge in [0.25, 0.3) is 0 Å². The standard InChI is InChI=1S/C34H22O/c1-2-12-24-22-34-32(21-23(24)11-1)30-18-8-6-16-28(30)26-14-4-3-13-25(26)27-15-5-7-17-29(27)31-19-9-10-20-33(31)35-34/h1-22H. The van der Waals surface area contributed by atoms with E-state index in [1.165, 1.54) is 27.6 Å². The fraction of sp³-hybridized carbons (Fsp3) is 0. The Hall–Kier alpha value is -4.62. The topological polar surface area (TPSA) is 9.23 Å². The minimum Gasteiger partial charge on any atom is -0.456 e. The zero-order valence-corrected chi connectivity index (χ0v) is 19.1. The molecular weight excluding hydrogens is 424 g/mol. The largest absolute Gasteiger partial charge is 0.456 e. The Labute approximate surface area is 204 Å². The summed E-state index contributed by atoms with van der Waals surface area (Å²) in [5.74, 6) is 1.72. The average molecular weight is 447 g/mol. The van der Waals surface area contributed by atoms with Crippen molar-refractivity contribution in [2.45, 2.75) is 0 Å². The summed E-state index contributed by atoms with van der Waals surface area (Å²) >= 11 is 0. The molecule has 1 heteroatoms. The average Bonchev–Trinajstić information content (AvgIpc) is 2.94. The fourth-order valence-electron chi connectivity index (χ4n) is 5.27. The number of ether oxygens (including phenoxy) is 1. The normalized spacial score (nSPS) is 11.7. The van der Waals surface area contributed by atoms with E-state index in [4.69, 9.17) is 4.74 Å². The first-order valence-electron chi connectivity index (χ1n) is 11.9. The van der Waals surface area contributed by atoms with Gasteiger partial charge in [-0.2, -0.15) is 0 Å². The lowest BCUT2D eigenvalue weighted by atomic mass is 9.86. The van der Waals surface area contributed by atoms with Gasteiger partial charge < -0.3 is 4.74 Å². The van der Waals surface area contributed by atoms with E-state index in [-0.39, 0.29) is 0 Å². The molecule has 1 aliphatic rings. The summed E-state index contributed by atoms with van der Waals surface area (Å²) in [6.07, 6.45) is 0. The van der Waals surface area contributed by atoms with Gasteiger partial charge in [-0.25, -0.2) is 0 Å². The third kappa shape index (κ3) is 3.25. The summed E-state index contributed by atoms with van der Waals surface area (Å²) in [5, 5.41) is 2.36. The molecule has 35 heavy (non-hydrogen) atoms. The van der Waals surface area contributed by atoms with Gasteiger partial charge in [0.1, 0.15) is 11.5 Å². The molecular formula is C34H22O. The van der Waals surface area contributed by atoms with Gasteiger partial charge in [-0.05, 0) is 62.4 Å². The van der Waals surface area contributed by atoms with Crippen LogP contribution in [0.3, 0.4) is 0 Å². The lowest BCUT2D eigenvalue weighted by Crippen LogP contribution is -1.92. The quantitative estimate of drug-likeness (QED) is 0.225. The molecule has 6 aromatic carbocycles. The van der Waals surface area contributed by atoms with Crippen LogP contribution in [0.15, 0.2) is 133 Å². The molecule has 6 aromatic rings. The maximum atomic E-state index is 6.79. The number of fused-ring (bicyclic) bond motifs is 10. The third-order valence-electron chi connectivity index (χ3n) is 6.90. The number of hydrogen-bond donors (Lipinski definition) is 0. The Balaban J connectivity index is 1.66. The van der Waals surface area contributed by atoms with Crippen molar-refractivity contribution >= 4 is 10.8 Å². The molecule has 7 rings (SSSR count). The molecule has 0 saturated carbocycles. The summed E-state index contributed by atoms with van der Waals surface area (Å²) in [6.45, 7) is 0. The molecule has 0 amide bonds. The van der Waals surface area contributed by atoms with E-state index in [1.54, 1.807) is 0 Å². The highest BCUT2D eigenvalue weighted by Gasteiger charge is 2.21. The lowest BCUT2D eigenvalue weighted by molar-refractivity contribution is 0.487. The maximum Gasteiger partial charge on any atom is 0.135 e. The van der Waals surface area contributed by atoms with E-state index >= 15 is 0 Å². The van der Waals surface area contributed by atoms with Crippen LogP contribution < -0.4 is 4.74 Å². The van der Waals surface area contributed by atoms with Crippen LogP contribution >= 0.6 is 0 Å². The summed E-state index contributed by atoms with van der Waals surface area (Å²) in [6, 6.07) is 47.3. The van der Waals surface area contributed by atoms with Gasteiger partial charge in [0.15, 0.2) is 0 Å². The second kappa shape index (κ2) is 8.00. The first-order chi connectivity index (χ1) is 17.4. The highest BCUT2D eigenvalue weighted by molar-refractivity contribution is 6.00. The third-order valence-corrected chi connectivity index (χ3v) is 6.90. The monoisotopic (exact) mass is 446 g/mol. The van der Waals surface area contributed by atoms with Crippen LogP contribution in [0.5, 0.6) is 11.5 Å². The second-order valence-corrected chi connectivity index (χ2v) is 8.93. The van der Waals surface area contributed by atoms with Crippen molar-refractivity contribution in [1.29, 1.82) is 0 Å². The molecule has 0 bridgehead atoms. The summed E-state index contributed by atoms with van der Waals surface area (Å²) in [4.78, 5) is 0. The predicted octanol–water partition coefficient (Wildman–Crippen LogP) is 9.61. The van der Waals surface area contributed by atoms with Crippen LogP contribution in [0, 0.1) is 0 Å². The predicted molar refractivity (Wildman–Crippen MR) is 146 cm³/mol. The molecule has 0 saturated heterocycles. The first-order valence-corrected chi connectivity index (χ1v) is 11.9. The molecule has 1 heterocycles. The molecule has 0 fully saturated rings. The molecule has 0 spiro atoms. The van der Waals surface area contributed by atoms with Crippen LogP contribution in [-0.2, 0) is 0 Å². The van der Waals surface area contributed by atoms with E-state index in [2.05, 4.69) is 127 Å². The van der Waals surface area contributed by atoms with Crippen molar-refractivity contribution in [2.75, 3.05) is 0 Å². The number of para-hydroxylation sites is 1. The lowest BCUT2D eigenvalue weighted by Gasteiger charge is -2.17. The minimum absolute atomic E-state index is 0.855. The molecule has 0 atom stereocenters. The number of hydrogen-bond acceptors (Lipinski definition) is 1. The zero-order chi connectivity index (χ0) is 23.2. The van der Waals surface area contributed by atoms with Crippen molar-refractivity contribution in [2.24, 2.45) is 0 Å². The van der Waals surface area contributed by atoms with Gasteiger partial charge in [0, 0.05) is 11.1 Å². The van der Waals surface area contributed by atoms with Gasteiger partial charge >= 0.3 is 0 Å². The van der Waals surface area contributed by atoms with Crippen molar-refractivity contribution in [3.05, 3.63) is 133 Å². The van der Waals surface area contributed by atoms with Crippen LogP contribution in [0.4, 0.5) is 0 Å². The van der Waals surface area contributed by atoms with Crippen molar-refractivity contribution in [3.8, 4) is 56.0 Å². The van der Waals surface area contributed by atoms with Crippen LogP contribution in [-0.4, -0.2) is 0 Å². The molecule has 1 aliphatic heterocycles. The van der Waals surface area contributed by atoms with Crippen molar-refractivity contribution < 1.29 is 4.74 Å². The Bertz CT molecular complexity index is 1730. The zero-order valence-electron chi connectivity index (χ0n) is 19.1. The molecule has 0 radical (unpaired) electrons. The molecule has 0 N–H and O–H groups in total. The van der Waals surface area contributed by atoms with E-state index < -0.39 is 0 Å². The van der Waals surface area contributed by atoms with E-state index in [0.29, 0.717) is 0 Å². The van der Waals surface area contributed by atoms with Crippen molar-refractivity contribution in [3.63, 3.8) is 0 Å². The number of rotatable bonds is 0. The van der Waals surface area contributed by atoms with Gasteiger partial charge in [-0.15, -0.1) is 0 Å². The maximum absolute atomic E-state index is 6.79. The highest BCUT2D eigenvalue weighted by atomic mass is 16.5. The molecule has 0 aliphatic carbocycles. The van der Waals surface area contributed by atoms with Crippen LogP contribution in [0.2, 0.25) is 0 Å². The first kappa shape index (κ1) is 19.8. The van der Waals surface area contributed by atoms with E-state index in [1.807, 2.05) is 6.07 Å². The van der Waals surface area contributed by atoms with E-state index in [9.17, 15) is 0 Å². The minimum atomic E-state index is 0.855. The molecule has 1 nitrogen and oxygen atoms in total. The van der Waals surface area contributed by atoms with Gasteiger partial charge in [-0.3, -0.25) is 0 Å². The summed E-state index contributed by atoms with van der Waals surface area (Å²) in [5.41, 5.74) is 9.34. The Morgan fingerprint density at radius 3 is 1.20 bits per heavy atom. The summed E-state index contributed by atoms with van der Waals surface area (Å²) < 4.78 is 6.79. The van der Waals surface area contributed by atoms with Crippen LogP contribution in [0.25, 0.3) is 55.3 Å². The van der Waals surface area contributed by atoms with Gasteiger partial charge in [0.05, 0.1) is 0 Å². The summed E-state index contributed by atoms with van der Waals surface area (Å²) in [7, 11) is 0. The number of benzene rings is 6. The Morgan fingerprint density at radius 1 is 0.286 bits per heavy atom. The van der Waals surface area contributed by atoms with Crippen LogP contribution in [0.1, 0.15) is 0 Å². The fourth-order valence-corrected chi connectivity index (χ4v) is 5.27. The Morgan fingerprint density at radius 2 is 0.657 bits per heavy atom. The molecule has 0 aromatic heterocycles. The SMILES string of the molecule is c1ccc2c(c1)Oc1cc3ccccc3cc1-c1ccccc1-c1ccccc1-c1ccccc1-2. The van der Waals surface area contributed by atoms with Gasteiger partial charge in [-0.1, -0.05) is 115 Å². The van der Waals surface area contributed by atoms with E-state index in [0.717, 1.165) is 39.1 Å². The smallest absolute Gasteiger partial charge is 0.135 e. The highest BCUT2D eigenvalue weighted by Crippen LogP contribution is 2.48. The van der Waals surface area contributed by atoms with Gasteiger partial charge in [0.2, 0.25) is 0 Å². The van der Waals surface area contributed by atoms with Crippen molar-refractivity contribution in [1.82, 2.24) is 0 Å². The second-order valence-electron chi connectivity index (χ2n) is 8.93. The molecule has 164 valence electrons. The Kier molecular flexibility index (Phi) is 4.53. The molecule has 0 unspecified atom stereocenters.